The highest BCUT2D eigenvalue weighted by molar-refractivity contribution is 6.31. The van der Waals surface area contributed by atoms with Crippen LogP contribution in [0.3, 0.4) is 0 Å². The second-order valence-corrected chi connectivity index (χ2v) is 5.78. The van der Waals surface area contributed by atoms with Gasteiger partial charge in [-0.1, -0.05) is 49.6 Å². The van der Waals surface area contributed by atoms with Gasteiger partial charge in [-0.05, 0) is 24.1 Å². The van der Waals surface area contributed by atoms with Gasteiger partial charge in [0.2, 0.25) is 0 Å². The number of halogens is 1. The van der Waals surface area contributed by atoms with Crippen molar-refractivity contribution in [2.24, 2.45) is 0 Å². The van der Waals surface area contributed by atoms with Gasteiger partial charge < -0.3 is 10.6 Å². The number of benzene rings is 1. The van der Waals surface area contributed by atoms with Crippen molar-refractivity contribution in [1.82, 2.24) is 10.3 Å². The Labute approximate surface area is 142 Å². The van der Waals surface area contributed by atoms with Crippen molar-refractivity contribution in [1.29, 1.82) is 0 Å². The maximum absolute atomic E-state index is 12.1. The van der Waals surface area contributed by atoms with E-state index in [4.69, 9.17) is 11.6 Å². The van der Waals surface area contributed by atoms with E-state index in [0.717, 1.165) is 35.5 Å². The lowest BCUT2D eigenvalue weighted by atomic mass is 10.2. The van der Waals surface area contributed by atoms with Gasteiger partial charge in [-0.2, -0.15) is 0 Å². The Hall–Kier alpha value is -2.07. The number of carbonyl (C=O) groups is 1. The molecule has 0 saturated heterocycles. The molecule has 2 rings (SSSR count). The van der Waals surface area contributed by atoms with Crippen LogP contribution in [0.4, 0.5) is 5.69 Å². The lowest BCUT2D eigenvalue weighted by molar-refractivity contribution is 0.0952. The maximum Gasteiger partial charge on any atom is 0.252 e. The molecule has 0 saturated carbocycles. The molecule has 2 aromatic rings. The quantitative estimate of drug-likeness (QED) is 0.710. The second kappa shape index (κ2) is 9.16. The van der Waals surface area contributed by atoms with Crippen LogP contribution in [0, 0.1) is 0 Å². The highest BCUT2D eigenvalue weighted by Crippen LogP contribution is 2.17. The SMILES string of the molecule is CCCCCNC(=O)c1cncc(NCc2ccccc2Cl)c1. The molecule has 4 nitrogen and oxygen atoms in total. The molecular weight excluding hydrogens is 310 g/mol. The van der Waals surface area contributed by atoms with E-state index >= 15 is 0 Å². The summed E-state index contributed by atoms with van der Waals surface area (Å²) in [5.41, 5.74) is 2.36. The fourth-order valence-electron chi connectivity index (χ4n) is 2.18. The van der Waals surface area contributed by atoms with Crippen LogP contribution in [0.1, 0.15) is 42.1 Å². The summed E-state index contributed by atoms with van der Waals surface area (Å²) in [7, 11) is 0. The summed E-state index contributed by atoms with van der Waals surface area (Å²) >= 11 is 6.14. The first kappa shape index (κ1) is 17.3. The molecule has 0 aliphatic rings. The van der Waals surface area contributed by atoms with Crippen molar-refractivity contribution in [2.75, 3.05) is 11.9 Å². The number of carbonyl (C=O) groups excluding carboxylic acids is 1. The third-order valence-electron chi connectivity index (χ3n) is 3.51. The van der Waals surface area contributed by atoms with Crippen molar-refractivity contribution in [3.63, 3.8) is 0 Å². The fourth-order valence-corrected chi connectivity index (χ4v) is 2.38. The van der Waals surface area contributed by atoms with E-state index in [1.807, 2.05) is 24.3 Å². The molecule has 0 radical (unpaired) electrons. The smallest absolute Gasteiger partial charge is 0.252 e. The standard InChI is InChI=1S/C18H22ClN3O/c1-2-3-6-9-21-18(23)15-10-16(13-20-11-15)22-12-14-7-4-5-8-17(14)19/h4-5,7-8,10-11,13,22H,2-3,6,9,12H2,1H3,(H,21,23). The molecule has 0 atom stereocenters. The van der Waals surface area contributed by atoms with Crippen LogP contribution in [0.2, 0.25) is 5.02 Å². The zero-order chi connectivity index (χ0) is 16.5. The predicted octanol–water partition coefficient (Wildman–Crippen LogP) is 4.27. The molecule has 0 fully saturated rings. The molecule has 0 unspecified atom stereocenters. The van der Waals surface area contributed by atoms with E-state index in [9.17, 15) is 4.79 Å². The van der Waals surface area contributed by atoms with E-state index in [1.54, 1.807) is 18.5 Å². The third kappa shape index (κ3) is 5.57. The summed E-state index contributed by atoms with van der Waals surface area (Å²) in [5.74, 6) is -0.0880. The summed E-state index contributed by atoms with van der Waals surface area (Å²) in [4.78, 5) is 16.2. The predicted molar refractivity (Wildman–Crippen MR) is 94.9 cm³/mol. The summed E-state index contributed by atoms with van der Waals surface area (Å²) < 4.78 is 0. The van der Waals surface area contributed by atoms with E-state index in [0.29, 0.717) is 18.7 Å². The number of nitrogens with one attached hydrogen (secondary N) is 2. The Balaban J connectivity index is 1.91. The number of amides is 1. The van der Waals surface area contributed by atoms with Crippen LogP contribution < -0.4 is 10.6 Å². The van der Waals surface area contributed by atoms with E-state index in [2.05, 4.69) is 22.5 Å². The molecule has 2 N–H and O–H groups in total. The Bertz CT molecular complexity index is 646. The first-order chi connectivity index (χ1) is 11.2. The Morgan fingerprint density at radius 1 is 1.22 bits per heavy atom. The number of unbranched alkanes of at least 4 members (excludes halogenated alkanes) is 2. The van der Waals surface area contributed by atoms with Gasteiger partial charge in [0.05, 0.1) is 11.3 Å². The lowest BCUT2D eigenvalue weighted by Crippen LogP contribution is -2.24. The van der Waals surface area contributed by atoms with Gasteiger partial charge in [0, 0.05) is 30.5 Å². The number of pyridine rings is 1. The van der Waals surface area contributed by atoms with Crippen molar-refractivity contribution in [3.05, 3.63) is 58.9 Å². The first-order valence-electron chi connectivity index (χ1n) is 7.91. The van der Waals surface area contributed by atoms with Crippen LogP contribution in [-0.4, -0.2) is 17.4 Å². The van der Waals surface area contributed by atoms with E-state index in [-0.39, 0.29) is 5.91 Å². The van der Waals surface area contributed by atoms with Crippen LogP contribution in [0.15, 0.2) is 42.7 Å². The molecule has 1 aromatic carbocycles. The number of anilines is 1. The maximum atomic E-state index is 12.1. The van der Waals surface area contributed by atoms with Gasteiger partial charge in [-0.3, -0.25) is 9.78 Å². The fraction of sp³-hybridized carbons (Fsp3) is 0.333. The van der Waals surface area contributed by atoms with Gasteiger partial charge >= 0.3 is 0 Å². The average Bonchev–Trinajstić information content (AvgIpc) is 2.58. The van der Waals surface area contributed by atoms with Crippen LogP contribution in [-0.2, 0) is 6.54 Å². The van der Waals surface area contributed by atoms with Gasteiger partial charge in [-0.15, -0.1) is 0 Å². The molecule has 1 aromatic heterocycles. The van der Waals surface area contributed by atoms with Crippen LogP contribution >= 0.6 is 11.6 Å². The Kier molecular flexibility index (Phi) is 6.88. The average molecular weight is 332 g/mol. The van der Waals surface area contributed by atoms with Gasteiger partial charge in [0.15, 0.2) is 0 Å². The third-order valence-corrected chi connectivity index (χ3v) is 3.88. The number of nitrogens with zero attached hydrogens (tertiary/aromatic N) is 1. The van der Waals surface area contributed by atoms with E-state index < -0.39 is 0 Å². The summed E-state index contributed by atoms with van der Waals surface area (Å²) in [6.45, 7) is 3.42. The summed E-state index contributed by atoms with van der Waals surface area (Å²) in [5, 5.41) is 6.88. The molecule has 1 heterocycles. The number of hydrogen-bond acceptors (Lipinski definition) is 3. The number of aromatic nitrogens is 1. The van der Waals surface area contributed by atoms with Crippen molar-refractivity contribution >= 4 is 23.2 Å². The molecule has 0 spiro atoms. The Morgan fingerprint density at radius 2 is 2.04 bits per heavy atom. The zero-order valence-electron chi connectivity index (χ0n) is 13.3. The number of hydrogen-bond donors (Lipinski definition) is 2. The molecule has 0 aliphatic carbocycles. The van der Waals surface area contributed by atoms with Gasteiger partial charge in [-0.25, -0.2) is 0 Å². The zero-order valence-corrected chi connectivity index (χ0v) is 14.1. The Morgan fingerprint density at radius 3 is 2.83 bits per heavy atom. The largest absolute Gasteiger partial charge is 0.380 e. The molecule has 122 valence electrons. The van der Waals surface area contributed by atoms with Crippen LogP contribution in [0.25, 0.3) is 0 Å². The molecule has 1 amide bonds. The van der Waals surface area contributed by atoms with Crippen LogP contribution in [0.5, 0.6) is 0 Å². The molecule has 0 aliphatic heterocycles. The number of rotatable bonds is 8. The molecule has 0 bridgehead atoms. The minimum Gasteiger partial charge on any atom is -0.380 e. The van der Waals surface area contributed by atoms with Crippen molar-refractivity contribution in [3.8, 4) is 0 Å². The van der Waals surface area contributed by atoms with Gasteiger partial charge in [0.25, 0.3) is 5.91 Å². The molecule has 23 heavy (non-hydrogen) atoms. The normalized spacial score (nSPS) is 10.3. The van der Waals surface area contributed by atoms with Crippen molar-refractivity contribution < 1.29 is 4.79 Å². The first-order valence-corrected chi connectivity index (χ1v) is 8.29. The topological polar surface area (TPSA) is 54.0 Å². The highest BCUT2D eigenvalue weighted by Gasteiger charge is 2.06. The van der Waals surface area contributed by atoms with Crippen molar-refractivity contribution in [2.45, 2.75) is 32.7 Å². The van der Waals surface area contributed by atoms with E-state index in [1.165, 1.54) is 0 Å². The highest BCUT2D eigenvalue weighted by atomic mass is 35.5. The molecular formula is C18H22ClN3O. The minimum atomic E-state index is -0.0880. The summed E-state index contributed by atoms with van der Waals surface area (Å²) in [6, 6.07) is 9.47. The molecule has 5 heteroatoms. The minimum absolute atomic E-state index is 0.0880. The monoisotopic (exact) mass is 331 g/mol. The second-order valence-electron chi connectivity index (χ2n) is 5.37. The lowest BCUT2D eigenvalue weighted by Gasteiger charge is -2.09. The summed E-state index contributed by atoms with van der Waals surface area (Å²) in [6.07, 6.45) is 6.54. The van der Waals surface area contributed by atoms with Gasteiger partial charge in [0.1, 0.15) is 0 Å².